The van der Waals surface area contributed by atoms with Crippen LogP contribution >= 0.6 is 27.3 Å². The highest BCUT2D eigenvalue weighted by Gasteiger charge is 2.14. The number of halogens is 1. The molecule has 17 heavy (non-hydrogen) atoms. The predicted molar refractivity (Wildman–Crippen MR) is 78.4 cm³/mol. The summed E-state index contributed by atoms with van der Waals surface area (Å²) in [6.07, 6.45) is 3.43. The second-order valence-electron chi connectivity index (χ2n) is 4.33. The van der Waals surface area contributed by atoms with E-state index in [4.69, 9.17) is 0 Å². The average molecular weight is 318 g/mol. The summed E-state index contributed by atoms with van der Waals surface area (Å²) in [7, 11) is 1.89. The molecular weight excluding hydrogens is 298 g/mol. The molecule has 0 aliphatic rings. The topological polar surface area (TPSA) is 20.3 Å². The lowest BCUT2D eigenvalue weighted by molar-refractivity contribution is 0.0797. The second-order valence-corrected chi connectivity index (χ2v) is 6.38. The van der Waals surface area contributed by atoms with E-state index in [1.807, 2.05) is 18.0 Å². The summed E-state index contributed by atoms with van der Waals surface area (Å²) in [6, 6.07) is 2.00. The van der Waals surface area contributed by atoms with E-state index in [0.29, 0.717) is 0 Å². The Kier molecular flexibility index (Phi) is 6.20. The number of rotatable bonds is 6. The predicted octanol–water partition coefficient (Wildman–Crippen LogP) is 4.00. The average Bonchev–Trinajstić information content (AvgIpc) is 2.64. The van der Waals surface area contributed by atoms with Crippen molar-refractivity contribution in [2.45, 2.75) is 33.1 Å². The molecule has 0 aliphatic carbocycles. The quantitative estimate of drug-likeness (QED) is 0.573. The Morgan fingerprint density at radius 2 is 2.06 bits per heavy atom. The van der Waals surface area contributed by atoms with Crippen LogP contribution in [0.25, 0.3) is 0 Å². The van der Waals surface area contributed by atoms with Gasteiger partial charge in [0.05, 0.1) is 4.88 Å². The van der Waals surface area contributed by atoms with Crippen LogP contribution in [0.2, 0.25) is 0 Å². The lowest BCUT2D eigenvalue weighted by atomic mass is 10.2. The van der Waals surface area contributed by atoms with Gasteiger partial charge in [-0.1, -0.05) is 22.4 Å². The normalized spacial score (nSPS) is 10.6. The van der Waals surface area contributed by atoms with E-state index in [0.717, 1.165) is 23.2 Å². The van der Waals surface area contributed by atoms with Crippen molar-refractivity contribution in [3.63, 3.8) is 0 Å². The number of alkyl halides is 1. The van der Waals surface area contributed by atoms with Gasteiger partial charge in [0.2, 0.25) is 0 Å². The highest BCUT2D eigenvalue weighted by atomic mass is 79.9. The summed E-state index contributed by atoms with van der Waals surface area (Å²) in [6.45, 7) is 4.97. The molecule has 0 saturated carbocycles. The zero-order valence-electron chi connectivity index (χ0n) is 10.8. The van der Waals surface area contributed by atoms with E-state index in [2.05, 4.69) is 29.8 Å². The molecule has 0 aromatic carbocycles. The summed E-state index contributed by atoms with van der Waals surface area (Å²) < 4.78 is 0. The van der Waals surface area contributed by atoms with Gasteiger partial charge in [0, 0.05) is 23.8 Å². The maximum absolute atomic E-state index is 12.1. The summed E-state index contributed by atoms with van der Waals surface area (Å²) in [5.74, 6) is 0.157. The Balaban J connectivity index is 2.46. The van der Waals surface area contributed by atoms with Crippen LogP contribution in [-0.2, 0) is 0 Å². The molecule has 1 aromatic rings. The number of hydrogen-bond donors (Lipinski definition) is 0. The highest BCUT2D eigenvalue weighted by molar-refractivity contribution is 9.09. The van der Waals surface area contributed by atoms with E-state index in [1.165, 1.54) is 23.3 Å². The van der Waals surface area contributed by atoms with E-state index in [9.17, 15) is 4.79 Å². The number of hydrogen-bond acceptors (Lipinski definition) is 2. The molecule has 0 aliphatic heterocycles. The maximum atomic E-state index is 12.1. The first-order chi connectivity index (χ1) is 8.06. The Hall–Kier alpha value is -0.350. The standard InChI is InChI=1S/C13H20BrNOS/c1-10-9-12(17-11(10)2)13(16)15(3)8-6-4-5-7-14/h9H,4-8H2,1-3H3. The van der Waals surface area contributed by atoms with Gasteiger partial charge in [0.25, 0.3) is 5.91 Å². The molecule has 4 heteroatoms. The molecule has 96 valence electrons. The van der Waals surface area contributed by atoms with Crippen molar-refractivity contribution in [1.29, 1.82) is 0 Å². The molecule has 0 saturated heterocycles. The number of nitrogens with zero attached hydrogens (tertiary/aromatic N) is 1. The monoisotopic (exact) mass is 317 g/mol. The third kappa shape index (κ3) is 4.43. The van der Waals surface area contributed by atoms with Gasteiger partial charge in [-0.25, -0.2) is 0 Å². The molecule has 1 heterocycles. The number of carbonyl (C=O) groups is 1. The molecule has 1 amide bonds. The van der Waals surface area contributed by atoms with Gasteiger partial charge < -0.3 is 4.90 Å². The van der Waals surface area contributed by atoms with Crippen molar-refractivity contribution in [3.8, 4) is 0 Å². The third-order valence-corrected chi connectivity index (χ3v) is 4.55. The Labute approximate surface area is 116 Å². The fraction of sp³-hybridized carbons (Fsp3) is 0.615. The fourth-order valence-electron chi connectivity index (χ4n) is 1.59. The zero-order chi connectivity index (χ0) is 12.8. The van der Waals surface area contributed by atoms with Crippen LogP contribution in [-0.4, -0.2) is 29.7 Å². The van der Waals surface area contributed by atoms with Gasteiger partial charge in [-0.3, -0.25) is 4.79 Å². The SMILES string of the molecule is Cc1cc(C(=O)N(C)CCCCCBr)sc1C. The highest BCUT2D eigenvalue weighted by Crippen LogP contribution is 2.21. The molecule has 0 unspecified atom stereocenters. The van der Waals surface area contributed by atoms with Crippen LogP contribution in [0.4, 0.5) is 0 Å². The van der Waals surface area contributed by atoms with Crippen LogP contribution in [0.1, 0.15) is 39.4 Å². The fourth-order valence-corrected chi connectivity index (χ4v) is 3.01. The Bertz CT molecular complexity index is 356. The van der Waals surface area contributed by atoms with E-state index in [1.54, 1.807) is 11.3 Å². The molecular formula is C13H20BrNOS. The molecule has 0 spiro atoms. The number of amides is 1. The first-order valence-electron chi connectivity index (χ1n) is 5.94. The minimum absolute atomic E-state index is 0.157. The summed E-state index contributed by atoms with van der Waals surface area (Å²) in [5.41, 5.74) is 1.21. The van der Waals surface area contributed by atoms with Crippen LogP contribution in [0.3, 0.4) is 0 Å². The largest absolute Gasteiger partial charge is 0.341 e. The number of thiophene rings is 1. The van der Waals surface area contributed by atoms with Crippen LogP contribution in [0.15, 0.2) is 6.07 Å². The third-order valence-electron chi connectivity index (χ3n) is 2.85. The van der Waals surface area contributed by atoms with Crippen molar-refractivity contribution < 1.29 is 4.79 Å². The number of carbonyl (C=O) groups excluding carboxylic acids is 1. The Morgan fingerprint density at radius 1 is 1.35 bits per heavy atom. The lowest BCUT2D eigenvalue weighted by Crippen LogP contribution is -2.27. The molecule has 2 nitrogen and oxygen atoms in total. The number of unbranched alkanes of at least 4 members (excludes halogenated alkanes) is 2. The second kappa shape index (κ2) is 7.17. The van der Waals surface area contributed by atoms with E-state index in [-0.39, 0.29) is 5.91 Å². The maximum Gasteiger partial charge on any atom is 0.263 e. The first-order valence-corrected chi connectivity index (χ1v) is 7.88. The molecule has 0 radical (unpaired) electrons. The minimum Gasteiger partial charge on any atom is -0.341 e. The van der Waals surface area contributed by atoms with Crippen LogP contribution in [0, 0.1) is 13.8 Å². The van der Waals surface area contributed by atoms with E-state index >= 15 is 0 Å². The van der Waals surface area contributed by atoms with Gasteiger partial charge >= 0.3 is 0 Å². The van der Waals surface area contributed by atoms with Gasteiger partial charge in [-0.05, 0) is 38.3 Å². The molecule has 1 rings (SSSR count). The van der Waals surface area contributed by atoms with Gasteiger partial charge in [0.1, 0.15) is 0 Å². The first kappa shape index (κ1) is 14.7. The van der Waals surface area contributed by atoms with Crippen molar-refractivity contribution in [2.75, 3.05) is 18.9 Å². The minimum atomic E-state index is 0.157. The van der Waals surface area contributed by atoms with Crippen molar-refractivity contribution in [2.24, 2.45) is 0 Å². The number of aryl methyl sites for hydroxylation is 2. The van der Waals surface area contributed by atoms with Crippen molar-refractivity contribution in [3.05, 3.63) is 21.4 Å². The van der Waals surface area contributed by atoms with Gasteiger partial charge in [0.15, 0.2) is 0 Å². The van der Waals surface area contributed by atoms with Crippen molar-refractivity contribution >= 4 is 33.2 Å². The molecule has 1 aromatic heterocycles. The van der Waals surface area contributed by atoms with Crippen molar-refractivity contribution in [1.82, 2.24) is 4.90 Å². The zero-order valence-corrected chi connectivity index (χ0v) is 13.2. The van der Waals surface area contributed by atoms with E-state index < -0.39 is 0 Å². The smallest absolute Gasteiger partial charge is 0.263 e. The molecule has 0 fully saturated rings. The molecule has 0 bridgehead atoms. The van der Waals surface area contributed by atoms with Crippen LogP contribution in [0.5, 0.6) is 0 Å². The lowest BCUT2D eigenvalue weighted by Gasteiger charge is -2.15. The summed E-state index contributed by atoms with van der Waals surface area (Å²) in [4.78, 5) is 16.0. The summed E-state index contributed by atoms with van der Waals surface area (Å²) >= 11 is 5.01. The molecule has 0 N–H and O–H groups in total. The van der Waals surface area contributed by atoms with Gasteiger partial charge in [-0.15, -0.1) is 11.3 Å². The van der Waals surface area contributed by atoms with Gasteiger partial charge in [-0.2, -0.15) is 0 Å². The Morgan fingerprint density at radius 3 is 2.59 bits per heavy atom. The molecule has 0 atom stereocenters. The summed E-state index contributed by atoms with van der Waals surface area (Å²) in [5, 5.41) is 1.05. The van der Waals surface area contributed by atoms with Crippen LogP contribution < -0.4 is 0 Å².